The van der Waals surface area contributed by atoms with Gasteiger partial charge in [0.25, 0.3) is 0 Å². The minimum absolute atomic E-state index is 0.695. The summed E-state index contributed by atoms with van der Waals surface area (Å²) in [6.45, 7) is 0.695. The number of hydrogen-bond donors (Lipinski definition) is 0. The van der Waals surface area contributed by atoms with Crippen molar-refractivity contribution in [3.05, 3.63) is 42.2 Å². The molecule has 2 heterocycles. The lowest BCUT2D eigenvalue weighted by Gasteiger charge is -2.19. The van der Waals surface area contributed by atoms with E-state index < -0.39 is 0 Å². The fourth-order valence-corrected chi connectivity index (χ4v) is 2.26. The van der Waals surface area contributed by atoms with Gasteiger partial charge in [-0.3, -0.25) is 0 Å². The van der Waals surface area contributed by atoms with E-state index in [1.54, 1.807) is 25.1 Å². The number of ether oxygens (including phenoxy) is 2. The first-order valence-corrected chi connectivity index (χ1v) is 6.80. The van der Waals surface area contributed by atoms with Gasteiger partial charge in [-0.1, -0.05) is 6.07 Å². The first kappa shape index (κ1) is 14.1. The molecule has 0 aliphatic carbocycles. The number of fused-ring (bicyclic) bond motifs is 1. The van der Waals surface area contributed by atoms with Crippen LogP contribution in [0.4, 0.5) is 5.82 Å². The normalized spacial score (nSPS) is 10.7. The van der Waals surface area contributed by atoms with Crippen molar-refractivity contribution in [2.45, 2.75) is 6.54 Å². The summed E-state index contributed by atoms with van der Waals surface area (Å²) in [5.41, 5.74) is 1.83. The molecule has 0 atom stereocenters. The molecule has 7 heteroatoms. The van der Waals surface area contributed by atoms with Crippen LogP contribution >= 0.6 is 0 Å². The predicted octanol–water partition coefficient (Wildman–Crippen LogP) is 1.78. The fraction of sp³-hybridized carbons (Fsp3) is 0.267. The van der Waals surface area contributed by atoms with Crippen LogP contribution in [0.1, 0.15) is 5.56 Å². The Morgan fingerprint density at radius 1 is 1.09 bits per heavy atom. The van der Waals surface area contributed by atoms with Crippen LogP contribution in [0.3, 0.4) is 0 Å². The SMILES string of the molecule is COc1ccc(CN(C)c2ccc3nncn3n2)cc1OC. The summed E-state index contributed by atoms with van der Waals surface area (Å²) in [5.74, 6) is 2.27. The zero-order chi connectivity index (χ0) is 15.5. The van der Waals surface area contributed by atoms with Gasteiger partial charge in [-0.05, 0) is 29.8 Å². The van der Waals surface area contributed by atoms with Gasteiger partial charge in [-0.2, -0.15) is 4.52 Å². The number of nitrogens with zero attached hydrogens (tertiary/aromatic N) is 5. The lowest BCUT2D eigenvalue weighted by molar-refractivity contribution is 0.354. The van der Waals surface area contributed by atoms with Crippen LogP contribution in [-0.4, -0.2) is 41.1 Å². The standard InChI is InChI=1S/C15H17N5O2/c1-19(15-7-6-14-17-16-10-20(14)18-15)9-11-4-5-12(21-2)13(8-11)22-3/h4-8,10H,9H2,1-3H3. The van der Waals surface area contributed by atoms with Gasteiger partial charge in [-0.15, -0.1) is 15.3 Å². The quantitative estimate of drug-likeness (QED) is 0.715. The van der Waals surface area contributed by atoms with Crippen molar-refractivity contribution >= 4 is 11.5 Å². The van der Waals surface area contributed by atoms with Crippen molar-refractivity contribution in [2.75, 3.05) is 26.2 Å². The predicted molar refractivity (Wildman–Crippen MR) is 82.4 cm³/mol. The highest BCUT2D eigenvalue weighted by Gasteiger charge is 2.09. The lowest BCUT2D eigenvalue weighted by atomic mass is 10.2. The maximum atomic E-state index is 5.33. The van der Waals surface area contributed by atoms with Crippen molar-refractivity contribution < 1.29 is 9.47 Å². The molecular formula is C15H17N5O2. The van der Waals surface area contributed by atoms with Crippen LogP contribution in [0.15, 0.2) is 36.7 Å². The van der Waals surface area contributed by atoms with Crippen molar-refractivity contribution in [1.29, 1.82) is 0 Å². The molecule has 2 aromatic heterocycles. The number of hydrogen-bond acceptors (Lipinski definition) is 6. The largest absolute Gasteiger partial charge is 0.493 e. The van der Waals surface area contributed by atoms with E-state index in [-0.39, 0.29) is 0 Å². The molecule has 114 valence electrons. The minimum atomic E-state index is 0.695. The first-order chi connectivity index (χ1) is 10.7. The Bertz CT molecular complexity index is 786. The summed E-state index contributed by atoms with van der Waals surface area (Å²) in [6.07, 6.45) is 1.59. The van der Waals surface area contributed by atoms with Gasteiger partial charge >= 0.3 is 0 Å². The van der Waals surface area contributed by atoms with Crippen LogP contribution in [0.25, 0.3) is 5.65 Å². The summed E-state index contributed by atoms with van der Waals surface area (Å²) in [6, 6.07) is 9.69. The van der Waals surface area contributed by atoms with Gasteiger partial charge in [-0.25, -0.2) is 0 Å². The highest BCUT2D eigenvalue weighted by Crippen LogP contribution is 2.28. The van der Waals surface area contributed by atoms with Crippen LogP contribution in [0.2, 0.25) is 0 Å². The molecule has 0 spiro atoms. The van der Waals surface area contributed by atoms with Gasteiger partial charge in [0.1, 0.15) is 12.1 Å². The molecule has 7 nitrogen and oxygen atoms in total. The third kappa shape index (κ3) is 2.65. The molecule has 3 aromatic rings. The monoisotopic (exact) mass is 299 g/mol. The topological polar surface area (TPSA) is 64.8 Å². The third-order valence-electron chi connectivity index (χ3n) is 3.41. The first-order valence-electron chi connectivity index (χ1n) is 6.80. The maximum absolute atomic E-state index is 5.33. The van der Waals surface area contributed by atoms with E-state index in [2.05, 4.69) is 15.3 Å². The molecule has 0 bridgehead atoms. The second-order valence-corrected chi connectivity index (χ2v) is 4.87. The van der Waals surface area contributed by atoms with E-state index in [4.69, 9.17) is 9.47 Å². The van der Waals surface area contributed by atoms with Gasteiger partial charge in [0, 0.05) is 13.6 Å². The van der Waals surface area contributed by atoms with Gasteiger partial charge < -0.3 is 14.4 Å². The Labute approximate surface area is 128 Å². The lowest BCUT2D eigenvalue weighted by Crippen LogP contribution is -2.18. The fourth-order valence-electron chi connectivity index (χ4n) is 2.26. The Kier molecular flexibility index (Phi) is 3.78. The Hall–Kier alpha value is -2.83. The number of anilines is 1. The third-order valence-corrected chi connectivity index (χ3v) is 3.41. The molecule has 0 saturated carbocycles. The summed E-state index contributed by atoms with van der Waals surface area (Å²) in [4.78, 5) is 2.04. The molecule has 22 heavy (non-hydrogen) atoms. The number of rotatable bonds is 5. The smallest absolute Gasteiger partial charge is 0.177 e. The highest BCUT2D eigenvalue weighted by molar-refractivity contribution is 5.47. The molecule has 0 aliphatic rings. The van der Waals surface area contributed by atoms with E-state index >= 15 is 0 Å². The summed E-state index contributed by atoms with van der Waals surface area (Å²) >= 11 is 0. The van der Waals surface area contributed by atoms with Crippen molar-refractivity contribution in [3.8, 4) is 11.5 Å². The zero-order valence-corrected chi connectivity index (χ0v) is 12.7. The van der Waals surface area contributed by atoms with Crippen LogP contribution < -0.4 is 14.4 Å². The zero-order valence-electron chi connectivity index (χ0n) is 12.7. The summed E-state index contributed by atoms with van der Waals surface area (Å²) in [5, 5.41) is 12.2. The molecule has 0 aliphatic heterocycles. The van der Waals surface area contributed by atoms with Crippen molar-refractivity contribution in [2.24, 2.45) is 0 Å². The minimum Gasteiger partial charge on any atom is -0.493 e. The van der Waals surface area contributed by atoms with E-state index in [0.29, 0.717) is 6.54 Å². The summed E-state index contributed by atoms with van der Waals surface area (Å²) < 4.78 is 12.2. The molecule has 0 unspecified atom stereocenters. The summed E-state index contributed by atoms with van der Waals surface area (Å²) in [7, 11) is 5.24. The van der Waals surface area contributed by atoms with Crippen molar-refractivity contribution in [1.82, 2.24) is 19.8 Å². The number of benzene rings is 1. The van der Waals surface area contributed by atoms with Crippen LogP contribution in [0.5, 0.6) is 11.5 Å². The van der Waals surface area contributed by atoms with Crippen molar-refractivity contribution in [3.63, 3.8) is 0 Å². The molecule has 0 fully saturated rings. The molecule has 1 aromatic carbocycles. The van der Waals surface area contributed by atoms with Gasteiger partial charge in [0.15, 0.2) is 17.1 Å². The van der Waals surface area contributed by atoms with E-state index in [1.165, 1.54) is 0 Å². The Morgan fingerprint density at radius 2 is 1.91 bits per heavy atom. The average molecular weight is 299 g/mol. The van der Waals surface area contributed by atoms with E-state index in [9.17, 15) is 0 Å². The Morgan fingerprint density at radius 3 is 2.68 bits per heavy atom. The number of methoxy groups -OCH3 is 2. The van der Waals surface area contributed by atoms with Gasteiger partial charge in [0.05, 0.1) is 14.2 Å². The molecule has 0 radical (unpaired) electrons. The molecule has 3 rings (SSSR count). The molecule has 0 amide bonds. The Balaban J connectivity index is 1.82. The van der Waals surface area contributed by atoms with E-state index in [1.807, 2.05) is 42.3 Å². The highest BCUT2D eigenvalue weighted by atomic mass is 16.5. The molecular weight excluding hydrogens is 282 g/mol. The number of aromatic nitrogens is 4. The van der Waals surface area contributed by atoms with Gasteiger partial charge in [0.2, 0.25) is 0 Å². The van der Waals surface area contributed by atoms with E-state index in [0.717, 1.165) is 28.5 Å². The second-order valence-electron chi connectivity index (χ2n) is 4.87. The maximum Gasteiger partial charge on any atom is 0.177 e. The van der Waals surface area contributed by atoms with Crippen LogP contribution in [0, 0.1) is 0 Å². The van der Waals surface area contributed by atoms with Crippen LogP contribution in [-0.2, 0) is 6.54 Å². The average Bonchev–Trinajstić information content (AvgIpc) is 3.02. The molecule has 0 N–H and O–H groups in total. The second kappa shape index (κ2) is 5.88. The molecule has 0 saturated heterocycles.